The minimum absolute atomic E-state index is 0.173. The van der Waals surface area contributed by atoms with Crippen LogP contribution in [0.1, 0.15) is 46.1 Å². The Hall–Kier alpha value is -1.09. The lowest BCUT2D eigenvalue weighted by Gasteiger charge is -2.32. The summed E-state index contributed by atoms with van der Waals surface area (Å²) in [6, 6.07) is 5.30. The van der Waals surface area contributed by atoms with E-state index in [0.29, 0.717) is 6.04 Å². The standard InChI is InChI=1S/C17H26FNO/c1-5-19-16(17(2,3)4)9-7-14-11-12-10-13(18)6-8-15(12)20-14/h6,8,10,14,16,19H,5,7,9,11H2,1-4H3. The van der Waals surface area contributed by atoms with Crippen LogP contribution in [0.3, 0.4) is 0 Å². The van der Waals surface area contributed by atoms with Gasteiger partial charge in [0.25, 0.3) is 0 Å². The van der Waals surface area contributed by atoms with Crippen molar-refractivity contribution in [3.8, 4) is 5.75 Å². The Labute approximate surface area is 121 Å². The number of halogens is 1. The zero-order valence-corrected chi connectivity index (χ0v) is 13.0. The zero-order valence-electron chi connectivity index (χ0n) is 13.0. The smallest absolute Gasteiger partial charge is 0.123 e. The summed E-state index contributed by atoms with van der Waals surface area (Å²) >= 11 is 0. The van der Waals surface area contributed by atoms with Gasteiger partial charge in [-0.25, -0.2) is 4.39 Å². The average Bonchev–Trinajstić information content (AvgIpc) is 2.74. The molecular formula is C17H26FNO. The molecule has 3 heteroatoms. The van der Waals surface area contributed by atoms with Gasteiger partial charge in [-0.3, -0.25) is 0 Å². The SMILES string of the molecule is CCNC(CCC1Cc2cc(F)ccc2O1)C(C)(C)C. The largest absolute Gasteiger partial charge is 0.490 e. The summed E-state index contributed by atoms with van der Waals surface area (Å²) in [6.07, 6.45) is 3.11. The van der Waals surface area contributed by atoms with E-state index >= 15 is 0 Å². The van der Waals surface area contributed by atoms with Crippen LogP contribution in [0, 0.1) is 11.2 Å². The second kappa shape index (κ2) is 6.13. The van der Waals surface area contributed by atoms with Gasteiger partial charge in [-0.1, -0.05) is 27.7 Å². The Morgan fingerprint density at radius 2 is 2.15 bits per heavy atom. The molecule has 2 unspecified atom stereocenters. The molecule has 0 saturated heterocycles. The third kappa shape index (κ3) is 3.72. The first-order valence-corrected chi connectivity index (χ1v) is 7.58. The Balaban J connectivity index is 1.90. The average molecular weight is 279 g/mol. The van der Waals surface area contributed by atoms with Crippen molar-refractivity contribution in [2.45, 2.75) is 59.1 Å². The number of rotatable bonds is 5. The maximum atomic E-state index is 13.2. The van der Waals surface area contributed by atoms with Crippen molar-refractivity contribution in [1.29, 1.82) is 0 Å². The molecule has 1 aromatic rings. The Morgan fingerprint density at radius 3 is 2.80 bits per heavy atom. The first-order valence-electron chi connectivity index (χ1n) is 7.58. The Kier molecular flexibility index (Phi) is 4.69. The van der Waals surface area contributed by atoms with E-state index in [4.69, 9.17) is 4.74 Å². The van der Waals surface area contributed by atoms with E-state index in [9.17, 15) is 4.39 Å². The van der Waals surface area contributed by atoms with Gasteiger partial charge < -0.3 is 10.1 Å². The molecule has 0 radical (unpaired) electrons. The molecule has 112 valence electrons. The highest BCUT2D eigenvalue weighted by Gasteiger charge is 2.28. The molecule has 0 amide bonds. The topological polar surface area (TPSA) is 21.3 Å². The van der Waals surface area contributed by atoms with E-state index in [0.717, 1.165) is 37.1 Å². The van der Waals surface area contributed by atoms with Crippen molar-refractivity contribution < 1.29 is 9.13 Å². The van der Waals surface area contributed by atoms with E-state index < -0.39 is 0 Å². The van der Waals surface area contributed by atoms with Crippen LogP contribution >= 0.6 is 0 Å². The minimum Gasteiger partial charge on any atom is -0.490 e. The predicted molar refractivity (Wildman–Crippen MR) is 80.7 cm³/mol. The molecule has 1 heterocycles. The van der Waals surface area contributed by atoms with Crippen LogP contribution in [0.2, 0.25) is 0 Å². The molecule has 0 saturated carbocycles. The third-order valence-corrected chi connectivity index (χ3v) is 4.04. The molecule has 20 heavy (non-hydrogen) atoms. The lowest BCUT2D eigenvalue weighted by Crippen LogP contribution is -2.40. The van der Waals surface area contributed by atoms with Crippen molar-refractivity contribution in [1.82, 2.24) is 5.32 Å². The summed E-state index contributed by atoms with van der Waals surface area (Å²) in [5.41, 5.74) is 1.25. The quantitative estimate of drug-likeness (QED) is 0.881. The molecule has 0 aromatic heterocycles. The summed E-state index contributed by atoms with van der Waals surface area (Å²) in [4.78, 5) is 0. The van der Waals surface area contributed by atoms with Gasteiger partial charge >= 0.3 is 0 Å². The lowest BCUT2D eigenvalue weighted by atomic mass is 9.83. The van der Waals surface area contributed by atoms with Gasteiger partial charge in [-0.2, -0.15) is 0 Å². The monoisotopic (exact) mass is 279 g/mol. The van der Waals surface area contributed by atoms with Gasteiger partial charge in [0.15, 0.2) is 0 Å². The highest BCUT2D eigenvalue weighted by Crippen LogP contribution is 2.32. The molecule has 2 atom stereocenters. The van der Waals surface area contributed by atoms with Gasteiger partial charge in [0.1, 0.15) is 17.7 Å². The van der Waals surface area contributed by atoms with E-state index in [1.54, 1.807) is 12.1 Å². The van der Waals surface area contributed by atoms with Crippen molar-refractivity contribution in [3.63, 3.8) is 0 Å². The van der Waals surface area contributed by atoms with Crippen molar-refractivity contribution in [3.05, 3.63) is 29.6 Å². The van der Waals surface area contributed by atoms with Crippen LogP contribution in [0.4, 0.5) is 4.39 Å². The highest BCUT2D eigenvalue weighted by atomic mass is 19.1. The minimum atomic E-state index is -0.173. The summed E-state index contributed by atoms with van der Waals surface area (Å²) in [6.45, 7) is 9.92. The van der Waals surface area contributed by atoms with Crippen LogP contribution in [-0.4, -0.2) is 18.7 Å². The first kappa shape index (κ1) is 15.3. The fourth-order valence-corrected chi connectivity index (χ4v) is 2.89. The molecule has 0 bridgehead atoms. The summed E-state index contributed by atoms with van der Waals surface area (Å²) in [5.74, 6) is 0.681. The fourth-order valence-electron chi connectivity index (χ4n) is 2.89. The molecule has 0 fully saturated rings. The number of hydrogen-bond acceptors (Lipinski definition) is 2. The van der Waals surface area contributed by atoms with Crippen LogP contribution < -0.4 is 10.1 Å². The number of hydrogen-bond donors (Lipinski definition) is 1. The van der Waals surface area contributed by atoms with Crippen LogP contribution in [-0.2, 0) is 6.42 Å². The molecule has 1 aliphatic rings. The van der Waals surface area contributed by atoms with Crippen LogP contribution in [0.5, 0.6) is 5.75 Å². The fraction of sp³-hybridized carbons (Fsp3) is 0.647. The Morgan fingerprint density at radius 1 is 1.40 bits per heavy atom. The van der Waals surface area contributed by atoms with E-state index in [2.05, 4.69) is 33.0 Å². The summed E-state index contributed by atoms with van der Waals surface area (Å²) in [5, 5.41) is 3.56. The predicted octanol–water partition coefficient (Wildman–Crippen LogP) is 3.93. The second-order valence-corrected chi connectivity index (χ2v) is 6.75. The zero-order chi connectivity index (χ0) is 14.8. The van der Waals surface area contributed by atoms with E-state index in [-0.39, 0.29) is 17.3 Å². The van der Waals surface area contributed by atoms with Crippen LogP contribution in [0.15, 0.2) is 18.2 Å². The van der Waals surface area contributed by atoms with Crippen molar-refractivity contribution >= 4 is 0 Å². The molecule has 2 nitrogen and oxygen atoms in total. The summed E-state index contributed by atoms with van der Waals surface area (Å²) in [7, 11) is 0. The number of benzene rings is 1. The van der Waals surface area contributed by atoms with Crippen molar-refractivity contribution in [2.24, 2.45) is 5.41 Å². The van der Waals surface area contributed by atoms with Gasteiger partial charge in [0.05, 0.1) is 0 Å². The summed E-state index contributed by atoms with van der Waals surface area (Å²) < 4.78 is 19.1. The van der Waals surface area contributed by atoms with Gasteiger partial charge in [0, 0.05) is 18.0 Å². The third-order valence-electron chi connectivity index (χ3n) is 4.04. The molecule has 1 aromatic carbocycles. The van der Waals surface area contributed by atoms with Crippen LogP contribution in [0.25, 0.3) is 0 Å². The molecule has 1 N–H and O–H groups in total. The lowest BCUT2D eigenvalue weighted by molar-refractivity contribution is 0.185. The van der Waals surface area contributed by atoms with Gasteiger partial charge in [-0.15, -0.1) is 0 Å². The Bertz CT molecular complexity index is 453. The van der Waals surface area contributed by atoms with Gasteiger partial charge in [-0.05, 0) is 43.0 Å². The molecule has 2 rings (SSSR count). The van der Waals surface area contributed by atoms with Crippen molar-refractivity contribution in [2.75, 3.05) is 6.54 Å². The number of fused-ring (bicyclic) bond motifs is 1. The molecular weight excluding hydrogens is 253 g/mol. The first-order chi connectivity index (χ1) is 9.40. The van der Waals surface area contributed by atoms with E-state index in [1.807, 2.05) is 0 Å². The maximum Gasteiger partial charge on any atom is 0.123 e. The molecule has 0 spiro atoms. The molecule has 0 aliphatic carbocycles. The molecule has 1 aliphatic heterocycles. The maximum absolute atomic E-state index is 13.2. The number of nitrogens with one attached hydrogen (secondary N) is 1. The van der Waals surface area contributed by atoms with E-state index in [1.165, 1.54) is 6.07 Å². The number of ether oxygens (including phenoxy) is 1. The highest BCUT2D eigenvalue weighted by molar-refractivity contribution is 5.37. The normalized spacial score (nSPS) is 19.6. The van der Waals surface area contributed by atoms with Gasteiger partial charge in [0.2, 0.25) is 0 Å². The second-order valence-electron chi connectivity index (χ2n) is 6.75.